The van der Waals surface area contributed by atoms with Gasteiger partial charge >= 0.3 is 0 Å². The summed E-state index contributed by atoms with van der Waals surface area (Å²) in [7, 11) is 0. The SMILES string of the molecule is c1cc2c(Cc3snc4ccncc34)nsc2cn1. The number of aromatic nitrogens is 4. The smallest absolute Gasteiger partial charge is 0.0874 e. The summed E-state index contributed by atoms with van der Waals surface area (Å²) in [4.78, 5) is 9.51. The third kappa shape index (κ3) is 1.80. The zero-order valence-corrected chi connectivity index (χ0v) is 11.4. The minimum absolute atomic E-state index is 0.802. The van der Waals surface area contributed by atoms with Gasteiger partial charge in [-0.25, -0.2) is 0 Å². The number of pyridine rings is 2. The van der Waals surface area contributed by atoms with Crippen molar-refractivity contribution in [3.8, 4) is 0 Å². The molecule has 0 aliphatic carbocycles. The molecule has 4 nitrogen and oxygen atoms in total. The van der Waals surface area contributed by atoms with Crippen LogP contribution in [-0.4, -0.2) is 18.7 Å². The molecular weight excluding hydrogens is 276 g/mol. The standard InChI is InChI=1S/C13H8N4S2/c1-3-15-7-13-8(1)11(17-19-13)5-12-9-6-14-4-2-10(9)16-18-12/h1-4,6-7H,5H2. The lowest BCUT2D eigenvalue weighted by molar-refractivity contribution is 1.20. The van der Waals surface area contributed by atoms with Crippen LogP contribution >= 0.6 is 23.1 Å². The van der Waals surface area contributed by atoms with Gasteiger partial charge in [-0.3, -0.25) is 9.97 Å². The fraction of sp³-hybridized carbons (Fsp3) is 0.0769. The summed E-state index contributed by atoms with van der Waals surface area (Å²) in [6, 6.07) is 3.97. The van der Waals surface area contributed by atoms with Gasteiger partial charge in [0.25, 0.3) is 0 Å². The zero-order chi connectivity index (χ0) is 12.7. The molecule has 0 saturated heterocycles. The van der Waals surface area contributed by atoms with Crippen LogP contribution in [0.4, 0.5) is 0 Å². The van der Waals surface area contributed by atoms with Crippen LogP contribution in [0, 0.1) is 0 Å². The van der Waals surface area contributed by atoms with Crippen molar-refractivity contribution >= 4 is 44.1 Å². The van der Waals surface area contributed by atoms with Crippen molar-refractivity contribution in [2.45, 2.75) is 6.42 Å². The maximum absolute atomic E-state index is 4.54. The van der Waals surface area contributed by atoms with E-state index in [-0.39, 0.29) is 0 Å². The van der Waals surface area contributed by atoms with E-state index in [9.17, 15) is 0 Å². The molecule has 0 aromatic carbocycles. The minimum atomic E-state index is 0.802. The molecule has 0 radical (unpaired) electrons. The molecule has 19 heavy (non-hydrogen) atoms. The zero-order valence-electron chi connectivity index (χ0n) is 9.78. The van der Waals surface area contributed by atoms with Crippen molar-refractivity contribution < 1.29 is 0 Å². The van der Waals surface area contributed by atoms with Crippen molar-refractivity contribution in [3.05, 3.63) is 47.5 Å². The van der Waals surface area contributed by atoms with E-state index in [0.29, 0.717) is 0 Å². The normalized spacial score (nSPS) is 11.4. The summed E-state index contributed by atoms with van der Waals surface area (Å²) in [5, 5.41) is 2.31. The highest BCUT2D eigenvalue weighted by atomic mass is 32.1. The lowest BCUT2D eigenvalue weighted by atomic mass is 10.1. The van der Waals surface area contributed by atoms with Gasteiger partial charge in [-0.1, -0.05) is 0 Å². The molecule has 4 aromatic heterocycles. The van der Waals surface area contributed by atoms with E-state index in [1.54, 1.807) is 6.20 Å². The lowest BCUT2D eigenvalue weighted by Gasteiger charge is -1.95. The number of hydrogen-bond donors (Lipinski definition) is 0. The Morgan fingerprint density at radius 2 is 1.79 bits per heavy atom. The molecule has 4 heterocycles. The van der Waals surface area contributed by atoms with E-state index in [0.717, 1.165) is 27.7 Å². The lowest BCUT2D eigenvalue weighted by Crippen LogP contribution is -1.86. The molecule has 0 atom stereocenters. The van der Waals surface area contributed by atoms with Crippen molar-refractivity contribution in [1.82, 2.24) is 18.7 Å². The fourth-order valence-electron chi connectivity index (χ4n) is 2.09. The summed E-state index contributed by atoms with van der Waals surface area (Å²) in [5.41, 5.74) is 2.10. The van der Waals surface area contributed by atoms with Crippen molar-refractivity contribution in [1.29, 1.82) is 0 Å². The van der Waals surface area contributed by atoms with Gasteiger partial charge in [-0.15, -0.1) is 0 Å². The molecule has 0 N–H and O–H groups in total. The first-order valence-corrected chi connectivity index (χ1v) is 7.33. The van der Waals surface area contributed by atoms with Crippen LogP contribution in [0.1, 0.15) is 10.6 Å². The van der Waals surface area contributed by atoms with Crippen LogP contribution in [0.25, 0.3) is 21.0 Å². The van der Waals surface area contributed by atoms with Crippen LogP contribution < -0.4 is 0 Å². The number of hydrogen-bond acceptors (Lipinski definition) is 6. The third-order valence-corrected chi connectivity index (χ3v) is 4.74. The topological polar surface area (TPSA) is 51.6 Å². The fourth-order valence-corrected chi connectivity index (χ4v) is 3.67. The molecule has 4 aromatic rings. The molecule has 4 rings (SSSR count). The number of nitrogens with zero attached hydrogens (tertiary/aromatic N) is 4. The van der Waals surface area contributed by atoms with Crippen LogP contribution in [0.15, 0.2) is 36.9 Å². The Morgan fingerprint density at radius 1 is 0.895 bits per heavy atom. The van der Waals surface area contributed by atoms with Crippen molar-refractivity contribution in [2.75, 3.05) is 0 Å². The van der Waals surface area contributed by atoms with Crippen molar-refractivity contribution in [2.24, 2.45) is 0 Å². The average molecular weight is 284 g/mol. The first kappa shape index (κ1) is 11.0. The average Bonchev–Trinajstić information content (AvgIpc) is 3.05. The molecule has 6 heteroatoms. The quantitative estimate of drug-likeness (QED) is 0.567. The van der Waals surface area contributed by atoms with Gasteiger partial charge < -0.3 is 0 Å². The monoisotopic (exact) mass is 284 g/mol. The second kappa shape index (κ2) is 4.32. The van der Waals surface area contributed by atoms with Crippen LogP contribution in [-0.2, 0) is 6.42 Å². The second-order valence-electron chi connectivity index (χ2n) is 4.18. The van der Waals surface area contributed by atoms with E-state index in [2.05, 4.69) is 18.7 Å². The highest BCUT2D eigenvalue weighted by Crippen LogP contribution is 2.28. The van der Waals surface area contributed by atoms with Crippen LogP contribution in [0.2, 0.25) is 0 Å². The second-order valence-corrected chi connectivity index (χ2v) is 5.84. The molecule has 0 aliphatic heterocycles. The van der Waals surface area contributed by atoms with Crippen LogP contribution in [0.3, 0.4) is 0 Å². The Hall–Kier alpha value is -1.92. The van der Waals surface area contributed by atoms with E-state index in [1.165, 1.54) is 33.3 Å². The van der Waals surface area contributed by atoms with E-state index < -0.39 is 0 Å². The molecular formula is C13H8N4S2. The largest absolute Gasteiger partial charge is 0.264 e. The van der Waals surface area contributed by atoms with Gasteiger partial charge in [0.2, 0.25) is 0 Å². The highest BCUT2D eigenvalue weighted by Gasteiger charge is 2.11. The molecule has 0 aliphatic rings. The summed E-state index contributed by atoms with van der Waals surface area (Å²) in [6.07, 6.45) is 8.13. The van der Waals surface area contributed by atoms with Gasteiger partial charge in [0.05, 0.1) is 15.9 Å². The molecule has 0 bridgehead atoms. The first-order valence-electron chi connectivity index (χ1n) is 5.78. The molecule has 0 spiro atoms. The van der Waals surface area contributed by atoms with Gasteiger partial charge in [0.1, 0.15) is 0 Å². The maximum Gasteiger partial charge on any atom is 0.0874 e. The predicted octanol–water partition coefficient (Wildman–Crippen LogP) is 3.29. The Balaban J connectivity index is 1.82. The summed E-state index contributed by atoms with van der Waals surface area (Å²) < 4.78 is 10.1. The summed E-state index contributed by atoms with van der Waals surface area (Å²) in [6.45, 7) is 0. The van der Waals surface area contributed by atoms with Crippen molar-refractivity contribution in [3.63, 3.8) is 0 Å². The molecule has 0 amide bonds. The highest BCUT2D eigenvalue weighted by molar-refractivity contribution is 7.13. The number of fused-ring (bicyclic) bond motifs is 2. The van der Waals surface area contributed by atoms with Gasteiger partial charge in [0.15, 0.2) is 0 Å². The number of rotatable bonds is 2. The van der Waals surface area contributed by atoms with E-state index >= 15 is 0 Å². The molecule has 0 fully saturated rings. The Kier molecular flexibility index (Phi) is 2.49. The predicted molar refractivity (Wildman–Crippen MR) is 77.6 cm³/mol. The van der Waals surface area contributed by atoms with Crippen LogP contribution in [0.5, 0.6) is 0 Å². The summed E-state index contributed by atoms with van der Waals surface area (Å²) >= 11 is 3.03. The third-order valence-electron chi connectivity index (χ3n) is 3.03. The van der Waals surface area contributed by atoms with E-state index in [1.807, 2.05) is 30.7 Å². The summed E-state index contributed by atoms with van der Waals surface area (Å²) in [5.74, 6) is 0. The van der Waals surface area contributed by atoms with Gasteiger partial charge in [-0.05, 0) is 35.2 Å². The minimum Gasteiger partial charge on any atom is -0.264 e. The Morgan fingerprint density at radius 3 is 2.79 bits per heavy atom. The molecule has 0 saturated carbocycles. The van der Waals surface area contributed by atoms with E-state index in [4.69, 9.17) is 0 Å². The first-order chi connectivity index (χ1) is 9.42. The Bertz CT molecular complexity index is 793. The Labute approximate surface area is 117 Å². The molecule has 0 unspecified atom stereocenters. The van der Waals surface area contributed by atoms with Gasteiger partial charge in [0, 0.05) is 46.9 Å². The van der Waals surface area contributed by atoms with Gasteiger partial charge in [-0.2, -0.15) is 8.75 Å². The molecule has 92 valence electrons. The maximum atomic E-state index is 4.54.